The van der Waals surface area contributed by atoms with Gasteiger partial charge in [-0.3, -0.25) is 4.79 Å². The Balaban J connectivity index is 1.52. The Kier molecular flexibility index (Phi) is 4.92. The van der Waals surface area contributed by atoms with E-state index in [1.165, 1.54) is 32.1 Å². The zero-order chi connectivity index (χ0) is 18.4. The van der Waals surface area contributed by atoms with Crippen LogP contribution in [0, 0.1) is 34.5 Å². The molecule has 0 aromatic carbocycles. The lowest BCUT2D eigenvalue weighted by Gasteiger charge is -2.57. The maximum atomic E-state index is 12.5. The van der Waals surface area contributed by atoms with Crippen molar-refractivity contribution in [1.82, 2.24) is 0 Å². The fraction of sp³-hybridized carbons (Fsp3) is 0.792. The Bertz CT molecular complexity index is 620. The molecule has 2 nitrogen and oxygen atoms in total. The van der Waals surface area contributed by atoms with Gasteiger partial charge in [-0.05, 0) is 93.4 Å². The fourth-order valence-electron chi connectivity index (χ4n) is 7.18. The molecular weight excluding hydrogens is 318 g/mol. The van der Waals surface area contributed by atoms with Gasteiger partial charge in [0.2, 0.25) is 0 Å². The third-order valence-corrected chi connectivity index (χ3v) is 8.82. The smallest absolute Gasteiger partial charge is 0.139 e. The van der Waals surface area contributed by atoms with Crippen molar-refractivity contribution in [2.75, 3.05) is 6.54 Å². The lowest BCUT2D eigenvalue weighted by atomic mass is 9.47. The summed E-state index contributed by atoms with van der Waals surface area (Å²) in [6.07, 6.45) is 19.3. The lowest BCUT2D eigenvalue weighted by Crippen LogP contribution is -2.50. The molecule has 0 bridgehead atoms. The highest BCUT2D eigenvalue weighted by Gasteiger charge is 2.58. The number of carbonyl (C=O) groups excluding carboxylic acids is 1. The Morgan fingerprint density at radius 3 is 2.65 bits per heavy atom. The second-order valence-corrected chi connectivity index (χ2v) is 10.0. The van der Waals surface area contributed by atoms with Crippen molar-refractivity contribution < 1.29 is 4.79 Å². The van der Waals surface area contributed by atoms with Crippen LogP contribution in [0.4, 0.5) is 0 Å². The summed E-state index contributed by atoms with van der Waals surface area (Å²) < 4.78 is 0. The second-order valence-electron chi connectivity index (χ2n) is 10.0. The highest BCUT2D eigenvalue weighted by molar-refractivity contribution is 5.87. The molecule has 4 aliphatic rings. The maximum Gasteiger partial charge on any atom is 0.139 e. The number of rotatable bonds is 4. The third kappa shape index (κ3) is 2.84. The van der Waals surface area contributed by atoms with Crippen LogP contribution in [0.2, 0.25) is 0 Å². The Labute approximate surface area is 159 Å². The van der Waals surface area contributed by atoms with Gasteiger partial charge in [-0.15, -0.1) is 0 Å². The molecule has 3 unspecified atom stereocenters. The average molecular weight is 356 g/mol. The summed E-state index contributed by atoms with van der Waals surface area (Å²) >= 11 is 0. The summed E-state index contributed by atoms with van der Waals surface area (Å²) in [6.45, 7) is 5.64. The molecule has 4 aliphatic carbocycles. The van der Waals surface area contributed by atoms with E-state index in [2.05, 4.69) is 32.1 Å². The summed E-state index contributed by atoms with van der Waals surface area (Å²) in [5.74, 6) is 3.47. The summed E-state index contributed by atoms with van der Waals surface area (Å²) in [5.41, 5.74) is 7.76. The predicted octanol–water partition coefficient (Wildman–Crippen LogP) is 5.43. The summed E-state index contributed by atoms with van der Waals surface area (Å²) in [4.78, 5) is 12.5. The molecule has 2 heteroatoms. The molecule has 3 fully saturated rings. The van der Waals surface area contributed by atoms with Crippen molar-refractivity contribution in [2.24, 2.45) is 40.2 Å². The van der Waals surface area contributed by atoms with Gasteiger partial charge in [0.25, 0.3) is 0 Å². The van der Waals surface area contributed by atoms with E-state index < -0.39 is 0 Å². The summed E-state index contributed by atoms with van der Waals surface area (Å²) in [7, 11) is 0. The first-order valence-corrected chi connectivity index (χ1v) is 11.1. The van der Waals surface area contributed by atoms with Gasteiger partial charge >= 0.3 is 0 Å². The van der Waals surface area contributed by atoms with Crippen LogP contribution in [0.25, 0.3) is 0 Å². The van der Waals surface area contributed by atoms with Crippen LogP contribution in [0.5, 0.6) is 0 Å². The van der Waals surface area contributed by atoms with Crippen LogP contribution in [-0.2, 0) is 4.79 Å². The van der Waals surface area contributed by atoms with Gasteiger partial charge in [0, 0.05) is 11.8 Å². The Morgan fingerprint density at radius 1 is 1.08 bits per heavy atom. The van der Waals surface area contributed by atoms with Gasteiger partial charge in [0.15, 0.2) is 0 Å². The van der Waals surface area contributed by atoms with Crippen molar-refractivity contribution in [3.8, 4) is 0 Å². The monoisotopic (exact) mass is 355 g/mol. The first-order valence-electron chi connectivity index (χ1n) is 11.1. The normalized spacial score (nSPS) is 45.2. The van der Waals surface area contributed by atoms with Crippen LogP contribution in [0.15, 0.2) is 23.8 Å². The number of Topliss-reactive ketones (excluding diaryl/α,β-unsaturated/α-hetero) is 1. The SMILES string of the molecule is C[C@]12CC[C@H](/C=C/CCCN)C=C1CCC1C2CC[C@]2(C)C(=O)CCC12. The lowest BCUT2D eigenvalue weighted by molar-refractivity contribution is -0.132. The zero-order valence-corrected chi connectivity index (χ0v) is 16.8. The number of carbonyl (C=O) groups is 1. The minimum absolute atomic E-state index is 0.0156. The highest BCUT2D eigenvalue weighted by atomic mass is 16.1. The van der Waals surface area contributed by atoms with E-state index in [0.717, 1.165) is 50.5 Å². The van der Waals surface area contributed by atoms with E-state index in [0.29, 0.717) is 23.0 Å². The van der Waals surface area contributed by atoms with E-state index in [4.69, 9.17) is 5.73 Å². The molecule has 6 atom stereocenters. The first kappa shape index (κ1) is 18.5. The molecule has 144 valence electrons. The molecular formula is C24H37NO. The van der Waals surface area contributed by atoms with Crippen LogP contribution in [0.1, 0.15) is 78.1 Å². The number of nitrogens with two attached hydrogens (primary N) is 1. The Hall–Kier alpha value is -0.890. The molecule has 0 saturated heterocycles. The molecule has 0 spiro atoms. The minimum Gasteiger partial charge on any atom is -0.330 e. The molecule has 0 radical (unpaired) electrons. The number of allylic oxidation sites excluding steroid dienone is 4. The van der Waals surface area contributed by atoms with Crippen LogP contribution < -0.4 is 5.73 Å². The topological polar surface area (TPSA) is 43.1 Å². The van der Waals surface area contributed by atoms with E-state index >= 15 is 0 Å². The van der Waals surface area contributed by atoms with Crippen molar-refractivity contribution in [3.05, 3.63) is 23.8 Å². The standard InChI is InChI=1S/C24H37NO/c1-23-13-11-17(6-4-3-5-15-25)16-18(23)7-8-19-20-9-10-22(26)24(20,2)14-12-21(19)23/h4,6,16-17,19-21H,3,5,7-15,25H2,1-2H3/b6-4+/t17-,19?,20?,21?,23-,24-/m0/s1. The first-order chi connectivity index (χ1) is 12.5. The van der Waals surface area contributed by atoms with Crippen LogP contribution in [-0.4, -0.2) is 12.3 Å². The number of fused-ring (bicyclic) bond motifs is 5. The molecule has 26 heavy (non-hydrogen) atoms. The number of hydrogen-bond acceptors (Lipinski definition) is 2. The molecule has 0 heterocycles. The molecule has 3 saturated carbocycles. The van der Waals surface area contributed by atoms with Crippen molar-refractivity contribution in [3.63, 3.8) is 0 Å². The van der Waals surface area contributed by atoms with Gasteiger partial charge < -0.3 is 5.73 Å². The molecule has 2 N–H and O–H groups in total. The van der Waals surface area contributed by atoms with Gasteiger partial charge in [0.05, 0.1) is 0 Å². The summed E-state index contributed by atoms with van der Waals surface area (Å²) in [6, 6.07) is 0. The average Bonchev–Trinajstić information content (AvgIpc) is 2.94. The quantitative estimate of drug-likeness (QED) is 0.540. The molecule has 0 amide bonds. The number of ketones is 1. The molecule has 0 aromatic rings. The largest absolute Gasteiger partial charge is 0.330 e. The van der Waals surface area contributed by atoms with E-state index in [-0.39, 0.29) is 5.41 Å². The summed E-state index contributed by atoms with van der Waals surface area (Å²) in [5, 5.41) is 0. The highest BCUT2D eigenvalue weighted by Crippen LogP contribution is 2.64. The second kappa shape index (κ2) is 6.93. The van der Waals surface area contributed by atoms with Gasteiger partial charge in [-0.25, -0.2) is 0 Å². The molecule has 0 aromatic heterocycles. The van der Waals surface area contributed by atoms with E-state index in [1.54, 1.807) is 5.57 Å². The molecule has 0 aliphatic heterocycles. The maximum absolute atomic E-state index is 12.5. The van der Waals surface area contributed by atoms with E-state index in [9.17, 15) is 4.79 Å². The van der Waals surface area contributed by atoms with Crippen LogP contribution >= 0.6 is 0 Å². The van der Waals surface area contributed by atoms with Gasteiger partial charge in [0.1, 0.15) is 5.78 Å². The fourth-order valence-corrected chi connectivity index (χ4v) is 7.18. The Morgan fingerprint density at radius 2 is 1.85 bits per heavy atom. The van der Waals surface area contributed by atoms with Crippen molar-refractivity contribution >= 4 is 5.78 Å². The zero-order valence-electron chi connectivity index (χ0n) is 16.8. The van der Waals surface area contributed by atoms with Gasteiger partial charge in [-0.2, -0.15) is 0 Å². The molecule has 4 rings (SSSR count). The number of hydrogen-bond donors (Lipinski definition) is 1. The van der Waals surface area contributed by atoms with Crippen molar-refractivity contribution in [1.29, 1.82) is 0 Å². The predicted molar refractivity (Wildman–Crippen MR) is 108 cm³/mol. The van der Waals surface area contributed by atoms with E-state index in [1.807, 2.05) is 0 Å². The third-order valence-electron chi connectivity index (χ3n) is 8.82. The van der Waals surface area contributed by atoms with Gasteiger partial charge in [-0.1, -0.05) is 37.6 Å². The van der Waals surface area contributed by atoms with Crippen LogP contribution in [0.3, 0.4) is 0 Å². The van der Waals surface area contributed by atoms with Crippen molar-refractivity contribution in [2.45, 2.75) is 78.1 Å². The minimum atomic E-state index is 0.0156. The number of unbranched alkanes of at least 4 members (excludes halogenated alkanes) is 1.